The van der Waals surface area contributed by atoms with E-state index in [2.05, 4.69) is 11.6 Å². The van der Waals surface area contributed by atoms with Crippen LogP contribution < -0.4 is 4.74 Å². The molecule has 29 heavy (non-hydrogen) atoms. The molecule has 1 N–H and O–H groups in total. The van der Waals surface area contributed by atoms with Gasteiger partial charge in [0.05, 0.1) is 45.6 Å². The van der Waals surface area contributed by atoms with E-state index in [4.69, 9.17) is 14.2 Å². The lowest BCUT2D eigenvalue weighted by atomic mass is 9.91. The Kier molecular flexibility index (Phi) is 9.61. The van der Waals surface area contributed by atoms with Gasteiger partial charge in [-0.05, 0) is 25.5 Å². The monoisotopic (exact) mass is 418 g/mol. The quantitative estimate of drug-likeness (QED) is 0.243. The molecule has 1 rings (SSSR count). The summed E-state index contributed by atoms with van der Waals surface area (Å²) in [5.41, 5.74) is -2.78. The summed E-state index contributed by atoms with van der Waals surface area (Å²) in [7, 11) is 3.06. The number of aliphatic imine (C=N–C) groups is 1. The largest absolute Gasteiger partial charge is 0.496 e. The summed E-state index contributed by atoms with van der Waals surface area (Å²) in [4.78, 5) is 6.09. The summed E-state index contributed by atoms with van der Waals surface area (Å²) in [6.45, 7) is 6.97. The zero-order chi connectivity index (χ0) is 22.1. The summed E-state index contributed by atoms with van der Waals surface area (Å²) in [5, 5.41) is 10.6. The van der Waals surface area contributed by atoms with E-state index >= 15 is 0 Å². The zero-order valence-corrected chi connectivity index (χ0v) is 17.3. The van der Waals surface area contributed by atoms with E-state index in [1.165, 1.54) is 25.3 Å². The number of hydrogen-bond acceptors (Lipinski definition) is 5. The van der Waals surface area contributed by atoms with Gasteiger partial charge in [0.15, 0.2) is 0 Å². The maximum absolute atomic E-state index is 13.8. The Morgan fingerprint density at radius 2 is 1.90 bits per heavy atom. The number of hydrogen-bond donors (Lipinski definition) is 1. The molecule has 164 valence electrons. The predicted molar refractivity (Wildman–Crippen MR) is 106 cm³/mol. The normalized spacial score (nSPS) is 14.1. The van der Waals surface area contributed by atoms with Crippen molar-refractivity contribution in [1.82, 2.24) is 4.90 Å². The van der Waals surface area contributed by atoms with E-state index in [9.17, 15) is 18.3 Å². The van der Waals surface area contributed by atoms with Crippen LogP contribution in [0.2, 0.25) is 0 Å². The number of aliphatic hydroxyl groups is 1. The Morgan fingerprint density at radius 3 is 2.45 bits per heavy atom. The third kappa shape index (κ3) is 6.73. The van der Waals surface area contributed by atoms with Crippen molar-refractivity contribution in [2.45, 2.75) is 25.6 Å². The first kappa shape index (κ1) is 24.9. The van der Waals surface area contributed by atoms with Gasteiger partial charge in [-0.25, -0.2) is 4.99 Å². The molecule has 0 amide bonds. The fraction of sp³-hybridized carbons (Fsp3) is 0.550. The zero-order valence-electron chi connectivity index (χ0n) is 17.3. The van der Waals surface area contributed by atoms with E-state index < -0.39 is 23.9 Å². The minimum absolute atomic E-state index is 0.0781. The standard InChI is InChI=1S/C20H29F3N2O4/c1-6-8-28-9-10-29-13-19(26,20(21,22)23)16-11-15(3)17(12-18(16)27-5)24-14-25(4)7-2/h6,11-12,14,26H,1,7-10,13H2,2-5H3/b24-14+. The second-order valence-corrected chi connectivity index (χ2v) is 6.43. The van der Waals surface area contributed by atoms with E-state index in [0.717, 1.165) is 6.54 Å². The molecule has 1 unspecified atom stereocenters. The molecule has 1 aromatic rings. The molecule has 0 fully saturated rings. The Hall–Kier alpha value is -2.10. The lowest BCUT2D eigenvalue weighted by Gasteiger charge is -2.32. The molecule has 0 spiro atoms. The molecule has 9 heteroatoms. The van der Waals surface area contributed by atoms with Crippen LogP contribution in [-0.2, 0) is 15.1 Å². The molecular weight excluding hydrogens is 389 g/mol. The Bertz CT molecular complexity index is 695. The highest BCUT2D eigenvalue weighted by Gasteiger charge is 2.56. The van der Waals surface area contributed by atoms with Gasteiger partial charge in [0, 0.05) is 25.2 Å². The summed E-state index contributed by atoms with van der Waals surface area (Å²) >= 11 is 0. The van der Waals surface area contributed by atoms with Crippen molar-refractivity contribution >= 4 is 12.0 Å². The van der Waals surface area contributed by atoms with Gasteiger partial charge in [-0.2, -0.15) is 13.2 Å². The predicted octanol–water partition coefficient (Wildman–Crippen LogP) is 3.58. The topological polar surface area (TPSA) is 63.5 Å². The maximum Gasteiger partial charge on any atom is 0.423 e. The molecule has 0 aliphatic carbocycles. The molecular formula is C20H29F3N2O4. The van der Waals surface area contributed by atoms with Gasteiger partial charge in [0.2, 0.25) is 5.60 Å². The average Bonchev–Trinajstić information content (AvgIpc) is 2.68. The Morgan fingerprint density at radius 1 is 1.24 bits per heavy atom. The molecule has 0 aromatic heterocycles. The van der Waals surface area contributed by atoms with Gasteiger partial charge < -0.3 is 24.2 Å². The minimum Gasteiger partial charge on any atom is -0.496 e. The summed E-state index contributed by atoms with van der Waals surface area (Å²) in [6.07, 6.45) is -1.90. The fourth-order valence-corrected chi connectivity index (χ4v) is 2.37. The van der Waals surface area contributed by atoms with Gasteiger partial charge in [0.25, 0.3) is 0 Å². The number of aryl methyl sites for hydroxylation is 1. The van der Waals surface area contributed by atoms with Crippen molar-refractivity contribution in [3.63, 3.8) is 0 Å². The van der Waals surface area contributed by atoms with E-state index in [-0.39, 0.29) is 25.6 Å². The third-order valence-electron chi connectivity index (χ3n) is 4.24. The van der Waals surface area contributed by atoms with Crippen molar-refractivity contribution in [2.75, 3.05) is 47.1 Å². The van der Waals surface area contributed by atoms with Gasteiger partial charge in [-0.15, -0.1) is 6.58 Å². The highest BCUT2D eigenvalue weighted by Crippen LogP contribution is 2.45. The summed E-state index contributed by atoms with van der Waals surface area (Å²) in [5.74, 6) is -0.131. The van der Waals surface area contributed by atoms with E-state index in [0.29, 0.717) is 11.3 Å². The number of halogens is 3. The summed E-state index contributed by atoms with van der Waals surface area (Å²) in [6, 6.07) is 2.59. The lowest BCUT2D eigenvalue weighted by Crippen LogP contribution is -2.46. The van der Waals surface area contributed by atoms with Crippen molar-refractivity contribution in [3.8, 4) is 5.75 Å². The molecule has 0 heterocycles. The van der Waals surface area contributed by atoms with E-state index in [1.54, 1.807) is 13.3 Å². The summed E-state index contributed by atoms with van der Waals surface area (Å²) < 4.78 is 56.7. The van der Waals surface area contributed by atoms with E-state index in [1.807, 2.05) is 18.9 Å². The average molecular weight is 418 g/mol. The van der Waals surface area contributed by atoms with Crippen molar-refractivity contribution in [3.05, 3.63) is 35.9 Å². The molecule has 0 radical (unpaired) electrons. The molecule has 0 aliphatic heterocycles. The van der Waals surface area contributed by atoms with Crippen molar-refractivity contribution in [1.29, 1.82) is 0 Å². The molecule has 6 nitrogen and oxygen atoms in total. The van der Waals surface area contributed by atoms with Crippen LogP contribution in [0, 0.1) is 6.92 Å². The number of rotatable bonds is 12. The second kappa shape index (κ2) is 11.2. The molecule has 0 saturated heterocycles. The lowest BCUT2D eigenvalue weighted by molar-refractivity contribution is -0.282. The van der Waals surface area contributed by atoms with Crippen LogP contribution in [0.25, 0.3) is 0 Å². The number of nitrogens with zero attached hydrogens (tertiary/aromatic N) is 2. The molecule has 0 aliphatic rings. The van der Waals surface area contributed by atoms with Gasteiger partial charge in [0.1, 0.15) is 5.75 Å². The maximum atomic E-state index is 13.8. The van der Waals surface area contributed by atoms with Crippen LogP contribution in [0.1, 0.15) is 18.1 Å². The Labute approximate surface area is 169 Å². The third-order valence-corrected chi connectivity index (χ3v) is 4.24. The first-order chi connectivity index (χ1) is 13.6. The molecule has 1 atom stereocenters. The molecule has 0 saturated carbocycles. The number of alkyl halides is 3. The van der Waals surface area contributed by atoms with Gasteiger partial charge in [-0.1, -0.05) is 6.08 Å². The van der Waals surface area contributed by atoms with Crippen LogP contribution >= 0.6 is 0 Å². The van der Waals surface area contributed by atoms with Crippen LogP contribution in [-0.4, -0.2) is 69.7 Å². The van der Waals surface area contributed by atoms with Crippen molar-refractivity contribution < 1.29 is 32.5 Å². The van der Waals surface area contributed by atoms with Crippen LogP contribution in [0.3, 0.4) is 0 Å². The minimum atomic E-state index is -4.98. The fourth-order valence-electron chi connectivity index (χ4n) is 2.37. The second-order valence-electron chi connectivity index (χ2n) is 6.43. The first-order valence-corrected chi connectivity index (χ1v) is 9.09. The smallest absolute Gasteiger partial charge is 0.423 e. The van der Waals surface area contributed by atoms with Crippen LogP contribution in [0.15, 0.2) is 29.8 Å². The van der Waals surface area contributed by atoms with Gasteiger partial charge >= 0.3 is 6.18 Å². The van der Waals surface area contributed by atoms with Gasteiger partial charge in [-0.3, -0.25) is 0 Å². The first-order valence-electron chi connectivity index (χ1n) is 9.09. The highest BCUT2D eigenvalue weighted by atomic mass is 19.4. The highest BCUT2D eigenvalue weighted by molar-refractivity contribution is 5.65. The van der Waals surface area contributed by atoms with Crippen LogP contribution in [0.4, 0.5) is 18.9 Å². The molecule has 1 aromatic carbocycles. The van der Waals surface area contributed by atoms with Crippen LogP contribution in [0.5, 0.6) is 5.75 Å². The number of methoxy groups -OCH3 is 1. The Balaban J connectivity index is 3.19. The number of benzene rings is 1. The number of ether oxygens (including phenoxy) is 3. The molecule has 0 bridgehead atoms. The SMILES string of the molecule is C=CCOCCOCC(O)(c1cc(C)c(/N=C/N(C)CC)cc1OC)C(F)(F)F. The van der Waals surface area contributed by atoms with Crippen molar-refractivity contribution in [2.24, 2.45) is 4.99 Å².